The molecule has 1 rings (SSSR count). The summed E-state index contributed by atoms with van der Waals surface area (Å²) in [6.45, 7) is -1.74. The fraction of sp³-hybridized carbons (Fsp3) is 1.00. The van der Waals surface area contributed by atoms with E-state index >= 15 is 0 Å². The lowest BCUT2D eigenvalue weighted by Crippen LogP contribution is -2.27. The Balaban J connectivity index is 2.08. The first-order valence-corrected chi connectivity index (χ1v) is 7.69. The molecule has 4 nitrogen and oxygen atoms in total. The highest BCUT2D eigenvalue weighted by Crippen LogP contribution is 2.50. The number of rotatable bonds is 4. The molecule has 78 valence electrons. The predicted molar refractivity (Wildman–Crippen MR) is 54.7 cm³/mol. The highest BCUT2D eigenvalue weighted by atomic mass is 32.7. The summed E-state index contributed by atoms with van der Waals surface area (Å²) in [6, 6.07) is 0. The van der Waals surface area contributed by atoms with Crippen molar-refractivity contribution in [3.05, 3.63) is 0 Å². The second kappa shape index (κ2) is 5.37. The van der Waals surface area contributed by atoms with E-state index in [-0.39, 0.29) is 0 Å². The van der Waals surface area contributed by atoms with Gasteiger partial charge in [0, 0.05) is 5.75 Å². The molecule has 0 unspecified atom stereocenters. The van der Waals surface area contributed by atoms with Gasteiger partial charge in [-0.1, -0.05) is 0 Å². The van der Waals surface area contributed by atoms with Gasteiger partial charge in [-0.25, -0.2) is 4.57 Å². The van der Waals surface area contributed by atoms with Crippen LogP contribution in [0.15, 0.2) is 0 Å². The smallest absolute Gasteiger partial charge is 0.317 e. The largest absolute Gasteiger partial charge is 0.383 e. The van der Waals surface area contributed by atoms with Gasteiger partial charge in [0.2, 0.25) is 0 Å². The maximum Gasteiger partial charge on any atom is 0.383 e. The summed E-state index contributed by atoms with van der Waals surface area (Å²) in [7, 11) is 0. The Morgan fingerprint density at radius 3 is 2.54 bits per heavy atom. The molecule has 3 N–H and O–H groups in total. The normalized spacial score (nSPS) is 20.5. The van der Waals surface area contributed by atoms with Crippen molar-refractivity contribution < 1.29 is 14.4 Å². The molecule has 1 saturated heterocycles. The summed E-state index contributed by atoms with van der Waals surface area (Å²) < 4.78 is 10.5. The maximum atomic E-state index is 10.5. The van der Waals surface area contributed by atoms with Gasteiger partial charge in [-0.2, -0.15) is 0 Å². The first-order chi connectivity index (χ1) is 6.08. The molecule has 0 aromatic rings. The van der Waals surface area contributed by atoms with Crippen molar-refractivity contribution in [2.45, 2.75) is 19.3 Å². The Kier molecular flexibility index (Phi) is 4.76. The minimum atomic E-state index is -3.83. The van der Waals surface area contributed by atoms with Gasteiger partial charge in [0.15, 0.2) is 0 Å². The SMILES string of the molecule is O=P(O)(O)SCCC1CCNCC1. The van der Waals surface area contributed by atoms with Gasteiger partial charge >= 0.3 is 6.80 Å². The number of hydrogen-bond donors (Lipinski definition) is 3. The van der Waals surface area contributed by atoms with Gasteiger partial charge < -0.3 is 15.1 Å². The third kappa shape index (κ3) is 5.70. The van der Waals surface area contributed by atoms with Crippen LogP contribution in [0.4, 0.5) is 0 Å². The molecule has 0 atom stereocenters. The molecule has 13 heavy (non-hydrogen) atoms. The van der Waals surface area contributed by atoms with Gasteiger partial charge in [0.25, 0.3) is 0 Å². The number of piperidine rings is 1. The van der Waals surface area contributed by atoms with Gasteiger partial charge in [-0.3, -0.25) is 0 Å². The molecule has 6 heteroatoms. The lowest BCUT2D eigenvalue weighted by atomic mass is 9.96. The molecule has 0 radical (unpaired) electrons. The lowest BCUT2D eigenvalue weighted by molar-refractivity contribution is 0.367. The Morgan fingerprint density at radius 1 is 1.38 bits per heavy atom. The van der Waals surface area contributed by atoms with Crippen LogP contribution >= 0.6 is 18.2 Å². The fourth-order valence-electron chi connectivity index (χ4n) is 1.51. The van der Waals surface area contributed by atoms with Crippen molar-refractivity contribution >= 4 is 18.2 Å². The predicted octanol–water partition coefficient (Wildman–Crippen LogP) is 1.20. The highest BCUT2D eigenvalue weighted by Gasteiger charge is 2.17. The molecule has 1 heterocycles. The van der Waals surface area contributed by atoms with E-state index in [4.69, 9.17) is 9.79 Å². The topological polar surface area (TPSA) is 69.6 Å². The molecule has 0 aromatic carbocycles. The minimum absolute atomic E-state index is 0.578. The molecular formula is C7H16NO3PS. The summed E-state index contributed by atoms with van der Waals surface area (Å²) in [5.41, 5.74) is 0. The second-order valence-corrected chi connectivity index (χ2v) is 7.16. The van der Waals surface area contributed by atoms with Crippen LogP contribution < -0.4 is 5.32 Å². The molecule has 0 bridgehead atoms. The Hall–Kier alpha value is 0.460. The van der Waals surface area contributed by atoms with Crippen molar-refractivity contribution in [2.75, 3.05) is 18.8 Å². The summed E-state index contributed by atoms with van der Waals surface area (Å²) in [5, 5.41) is 3.26. The van der Waals surface area contributed by atoms with E-state index in [1.807, 2.05) is 0 Å². The zero-order valence-corrected chi connectivity index (χ0v) is 9.19. The average Bonchev–Trinajstić information content (AvgIpc) is 2.04. The third-order valence-corrected chi connectivity index (χ3v) is 4.56. The van der Waals surface area contributed by atoms with Crippen LogP contribution in [0.5, 0.6) is 0 Å². The van der Waals surface area contributed by atoms with E-state index in [0.717, 1.165) is 43.7 Å². The monoisotopic (exact) mass is 225 g/mol. The summed E-state index contributed by atoms with van der Waals surface area (Å²) in [6.07, 6.45) is 3.21. The lowest BCUT2D eigenvalue weighted by Gasteiger charge is -2.22. The molecular weight excluding hydrogens is 209 g/mol. The molecule has 0 amide bonds. The first kappa shape index (κ1) is 11.5. The summed E-state index contributed by atoms with van der Waals surface area (Å²) in [4.78, 5) is 17.2. The van der Waals surface area contributed by atoms with Crippen molar-refractivity contribution in [1.82, 2.24) is 5.32 Å². The summed E-state index contributed by atoms with van der Waals surface area (Å²) >= 11 is 0.773. The minimum Gasteiger partial charge on any atom is -0.317 e. The van der Waals surface area contributed by atoms with Crippen LogP contribution in [0.3, 0.4) is 0 Å². The average molecular weight is 225 g/mol. The maximum absolute atomic E-state index is 10.5. The third-order valence-electron chi connectivity index (χ3n) is 2.24. The van der Waals surface area contributed by atoms with E-state index in [1.165, 1.54) is 0 Å². The molecule has 1 aliphatic heterocycles. The van der Waals surface area contributed by atoms with Crippen molar-refractivity contribution in [3.63, 3.8) is 0 Å². The molecule has 1 aliphatic rings. The molecule has 0 aliphatic carbocycles. The van der Waals surface area contributed by atoms with Gasteiger partial charge in [-0.05, 0) is 49.7 Å². The van der Waals surface area contributed by atoms with Crippen molar-refractivity contribution in [1.29, 1.82) is 0 Å². The Bertz CT molecular complexity index is 190. The van der Waals surface area contributed by atoms with Crippen LogP contribution in [-0.2, 0) is 4.57 Å². The Labute approximate surface area is 82.4 Å². The van der Waals surface area contributed by atoms with Crippen molar-refractivity contribution in [2.24, 2.45) is 5.92 Å². The highest BCUT2D eigenvalue weighted by molar-refractivity contribution is 8.54. The number of hydrogen-bond acceptors (Lipinski definition) is 3. The second-order valence-electron chi connectivity index (χ2n) is 3.31. The molecule has 1 fully saturated rings. The van der Waals surface area contributed by atoms with Crippen LogP contribution in [0.1, 0.15) is 19.3 Å². The van der Waals surface area contributed by atoms with E-state index < -0.39 is 6.80 Å². The van der Waals surface area contributed by atoms with Crippen LogP contribution in [0.2, 0.25) is 0 Å². The number of nitrogens with one attached hydrogen (secondary N) is 1. The van der Waals surface area contributed by atoms with Crippen LogP contribution in [-0.4, -0.2) is 28.6 Å². The molecule has 0 spiro atoms. The zero-order valence-electron chi connectivity index (χ0n) is 7.48. The Morgan fingerprint density at radius 2 is 2.00 bits per heavy atom. The van der Waals surface area contributed by atoms with Gasteiger partial charge in [0.05, 0.1) is 0 Å². The van der Waals surface area contributed by atoms with E-state index in [9.17, 15) is 4.57 Å². The van der Waals surface area contributed by atoms with E-state index in [2.05, 4.69) is 5.32 Å². The first-order valence-electron chi connectivity index (χ1n) is 4.49. The summed E-state index contributed by atoms with van der Waals surface area (Å²) in [5.74, 6) is 1.23. The van der Waals surface area contributed by atoms with Crippen LogP contribution in [0.25, 0.3) is 0 Å². The van der Waals surface area contributed by atoms with E-state index in [0.29, 0.717) is 11.7 Å². The van der Waals surface area contributed by atoms with E-state index in [1.54, 1.807) is 0 Å². The van der Waals surface area contributed by atoms with Gasteiger partial charge in [0.1, 0.15) is 0 Å². The standard InChI is InChI=1S/C7H16NO3PS/c9-12(10,11)13-6-3-7-1-4-8-5-2-7/h7-8H,1-6H2,(H2,9,10,11). The quantitative estimate of drug-likeness (QED) is 0.627. The molecule has 0 saturated carbocycles. The van der Waals surface area contributed by atoms with Gasteiger partial charge in [-0.15, -0.1) is 0 Å². The molecule has 0 aromatic heterocycles. The van der Waals surface area contributed by atoms with Crippen molar-refractivity contribution in [3.8, 4) is 0 Å². The van der Waals surface area contributed by atoms with Crippen LogP contribution in [0, 0.1) is 5.92 Å². The fourth-order valence-corrected chi connectivity index (χ4v) is 3.21. The zero-order chi connectivity index (χ0) is 9.73.